The lowest BCUT2D eigenvalue weighted by molar-refractivity contribution is -0.144. The Morgan fingerprint density at radius 1 is 1.30 bits per heavy atom. The van der Waals surface area contributed by atoms with E-state index in [4.69, 9.17) is 0 Å². The zero-order valence-corrected chi connectivity index (χ0v) is 13.2. The number of nitrogens with one attached hydrogen (secondary N) is 1. The van der Waals surface area contributed by atoms with Crippen LogP contribution in [0.25, 0.3) is 0 Å². The molecule has 3 unspecified atom stereocenters. The number of nitrogens with zero attached hydrogens (tertiary/aromatic N) is 1. The fourth-order valence-corrected chi connectivity index (χ4v) is 3.13. The van der Waals surface area contributed by atoms with Gasteiger partial charge in [0.15, 0.2) is 0 Å². The number of carboxylic acid groups (broad SMARTS) is 1. The van der Waals surface area contributed by atoms with Gasteiger partial charge in [-0.2, -0.15) is 0 Å². The Balaban J connectivity index is 1.74. The van der Waals surface area contributed by atoms with Gasteiger partial charge in [-0.3, -0.25) is 10.1 Å². The Morgan fingerprint density at radius 2 is 2.00 bits per heavy atom. The van der Waals surface area contributed by atoms with E-state index < -0.39 is 11.5 Å². The van der Waals surface area contributed by atoms with Crippen molar-refractivity contribution in [2.75, 3.05) is 19.6 Å². The maximum Gasteiger partial charge on any atom is 0.323 e. The third kappa shape index (κ3) is 4.19. The summed E-state index contributed by atoms with van der Waals surface area (Å²) in [7, 11) is 0. The van der Waals surface area contributed by atoms with Gasteiger partial charge in [0.05, 0.1) is 0 Å². The summed E-state index contributed by atoms with van der Waals surface area (Å²) < 4.78 is 0. The van der Waals surface area contributed by atoms with Gasteiger partial charge in [-0.25, -0.2) is 0 Å². The van der Waals surface area contributed by atoms with Crippen molar-refractivity contribution in [2.24, 2.45) is 11.8 Å². The van der Waals surface area contributed by atoms with E-state index in [1.54, 1.807) is 0 Å². The van der Waals surface area contributed by atoms with E-state index in [2.05, 4.69) is 24.1 Å². The first-order valence-electron chi connectivity index (χ1n) is 8.14. The van der Waals surface area contributed by atoms with Crippen LogP contribution in [-0.4, -0.2) is 47.2 Å². The SMILES string of the molecule is CC1CCN(CCCC(C)(NC2CC2)C(=O)O)CC1C. The molecule has 2 fully saturated rings. The molecule has 0 aromatic rings. The van der Waals surface area contributed by atoms with Gasteiger partial charge in [0, 0.05) is 12.6 Å². The van der Waals surface area contributed by atoms with Crippen molar-refractivity contribution in [3.63, 3.8) is 0 Å². The van der Waals surface area contributed by atoms with E-state index >= 15 is 0 Å². The predicted molar refractivity (Wildman–Crippen MR) is 80.8 cm³/mol. The molecule has 4 heteroatoms. The summed E-state index contributed by atoms with van der Waals surface area (Å²) in [4.78, 5) is 14.0. The molecule has 1 heterocycles. The average molecular weight is 282 g/mol. The highest BCUT2D eigenvalue weighted by molar-refractivity contribution is 5.78. The minimum absolute atomic E-state index is 0.437. The van der Waals surface area contributed by atoms with E-state index in [-0.39, 0.29) is 0 Å². The number of rotatable bonds is 7. The third-order valence-electron chi connectivity index (χ3n) is 5.14. The van der Waals surface area contributed by atoms with Crippen molar-refractivity contribution in [3.05, 3.63) is 0 Å². The summed E-state index contributed by atoms with van der Waals surface area (Å²) in [5.74, 6) is 0.885. The fraction of sp³-hybridized carbons (Fsp3) is 0.938. The smallest absolute Gasteiger partial charge is 0.323 e. The van der Waals surface area contributed by atoms with Gasteiger partial charge in [0.1, 0.15) is 5.54 Å². The second-order valence-corrected chi connectivity index (χ2v) is 7.20. The van der Waals surface area contributed by atoms with Gasteiger partial charge in [0.2, 0.25) is 0 Å². The number of piperidine rings is 1. The predicted octanol–water partition coefficient (Wildman–Crippen LogP) is 2.34. The molecule has 4 nitrogen and oxygen atoms in total. The molecular formula is C16H30N2O2. The lowest BCUT2D eigenvalue weighted by Crippen LogP contribution is -2.51. The van der Waals surface area contributed by atoms with Gasteiger partial charge < -0.3 is 10.0 Å². The summed E-state index contributed by atoms with van der Waals surface area (Å²) in [5, 5.41) is 12.7. The fourth-order valence-electron chi connectivity index (χ4n) is 3.13. The Morgan fingerprint density at radius 3 is 2.55 bits per heavy atom. The first-order valence-corrected chi connectivity index (χ1v) is 8.14. The molecule has 1 aliphatic heterocycles. The maximum atomic E-state index is 11.5. The summed E-state index contributed by atoms with van der Waals surface area (Å²) in [5.41, 5.74) is -0.740. The lowest BCUT2D eigenvalue weighted by atomic mass is 9.88. The van der Waals surface area contributed by atoms with Crippen molar-refractivity contribution in [1.82, 2.24) is 10.2 Å². The van der Waals surface area contributed by atoms with Crippen LogP contribution in [0.15, 0.2) is 0 Å². The second-order valence-electron chi connectivity index (χ2n) is 7.20. The van der Waals surface area contributed by atoms with Crippen LogP contribution >= 0.6 is 0 Å². The van der Waals surface area contributed by atoms with Crippen LogP contribution in [0.2, 0.25) is 0 Å². The monoisotopic (exact) mass is 282 g/mol. The van der Waals surface area contributed by atoms with Gasteiger partial charge in [-0.15, -0.1) is 0 Å². The average Bonchev–Trinajstić information content (AvgIpc) is 3.17. The Bertz CT molecular complexity index is 343. The molecule has 1 saturated heterocycles. The van der Waals surface area contributed by atoms with Crippen LogP contribution in [0.3, 0.4) is 0 Å². The molecular weight excluding hydrogens is 252 g/mol. The van der Waals surface area contributed by atoms with Gasteiger partial charge in [-0.05, 0) is 64.0 Å². The molecule has 0 aromatic carbocycles. The molecule has 0 bridgehead atoms. The van der Waals surface area contributed by atoms with E-state index in [9.17, 15) is 9.90 Å². The lowest BCUT2D eigenvalue weighted by Gasteiger charge is -2.36. The molecule has 1 saturated carbocycles. The van der Waals surface area contributed by atoms with Crippen LogP contribution in [0, 0.1) is 11.8 Å². The Hall–Kier alpha value is -0.610. The third-order valence-corrected chi connectivity index (χ3v) is 5.14. The normalized spacial score (nSPS) is 30.9. The molecule has 0 radical (unpaired) electrons. The molecule has 116 valence electrons. The summed E-state index contributed by atoms with van der Waals surface area (Å²) in [6, 6.07) is 0.437. The number of hydrogen-bond donors (Lipinski definition) is 2. The molecule has 2 aliphatic rings. The first kappa shape index (κ1) is 15.8. The number of aliphatic carboxylic acids is 1. The van der Waals surface area contributed by atoms with Gasteiger partial charge in [0.25, 0.3) is 0 Å². The van der Waals surface area contributed by atoms with Crippen LogP contribution < -0.4 is 5.32 Å². The standard InChI is InChI=1S/C16H30N2O2/c1-12-7-10-18(11-13(12)2)9-4-8-16(3,15(19)20)17-14-5-6-14/h12-14,17H,4-11H2,1-3H3,(H,19,20). The first-order chi connectivity index (χ1) is 9.40. The highest BCUT2D eigenvalue weighted by atomic mass is 16.4. The topological polar surface area (TPSA) is 52.6 Å². The minimum atomic E-state index is -0.740. The molecule has 0 amide bonds. The minimum Gasteiger partial charge on any atom is -0.480 e. The number of likely N-dealkylation sites (tertiary alicyclic amines) is 1. The molecule has 2 rings (SSSR count). The summed E-state index contributed by atoms with van der Waals surface area (Å²) in [6.07, 6.45) is 5.22. The highest BCUT2D eigenvalue weighted by Crippen LogP contribution is 2.26. The van der Waals surface area contributed by atoms with Crippen molar-refractivity contribution in [1.29, 1.82) is 0 Å². The zero-order valence-electron chi connectivity index (χ0n) is 13.2. The van der Waals surface area contributed by atoms with E-state index in [1.807, 2.05) is 6.92 Å². The molecule has 2 N–H and O–H groups in total. The van der Waals surface area contributed by atoms with Gasteiger partial charge >= 0.3 is 5.97 Å². The molecule has 1 aliphatic carbocycles. The van der Waals surface area contributed by atoms with Crippen LogP contribution in [0.1, 0.15) is 52.9 Å². The van der Waals surface area contributed by atoms with Crippen LogP contribution in [0.4, 0.5) is 0 Å². The van der Waals surface area contributed by atoms with Crippen molar-refractivity contribution in [2.45, 2.75) is 64.5 Å². The second kappa shape index (κ2) is 6.44. The van der Waals surface area contributed by atoms with Crippen LogP contribution in [-0.2, 0) is 4.79 Å². The molecule has 0 spiro atoms. The Kier molecular flexibility index (Phi) is 5.08. The van der Waals surface area contributed by atoms with E-state index in [1.165, 1.54) is 19.5 Å². The number of hydrogen-bond acceptors (Lipinski definition) is 3. The quantitative estimate of drug-likeness (QED) is 0.752. The van der Waals surface area contributed by atoms with Crippen molar-refractivity contribution < 1.29 is 9.90 Å². The largest absolute Gasteiger partial charge is 0.480 e. The van der Waals surface area contributed by atoms with E-state index in [0.717, 1.165) is 44.1 Å². The zero-order chi connectivity index (χ0) is 14.8. The number of carbonyl (C=O) groups is 1. The van der Waals surface area contributed by atoms with Crippen molar-refractivity contribution in [3.8, 4) is 0 Å². The molecule has 20 heavy (non-hydrogen) atoms. The van der Waals surface area contributed by atoms with Gasteiger partial charge in [-0.1, -0.05) is 13.8 Å². The molecule has 3 atom stereocenters. The highest BCUT2D eigenvalue weighted by Gasteiger charge is 2.38. The molecule has 0 aromatic heterocycles. The summed E-state index contributed by atoms with van der Waals surface area (Å²) >= 11 is 0. The maximum absolute atomic E-state index is 11.5. The number of carboxylic acids is 1. The summed E-state index contributed by atoms with van der Waals surface area (Å²) in [6.45, 7) is 9.88. The van der Waals surface area contributed by atoms with E-state index in [0.29, 0.717) is 6.04 Å². The Labute approximate surface area is 122 Å². The van der Waals surface area contributed by atoms with Crippen LogP contribution in [0.5, 0.6) is 0 Å². The van der Waals surface area contributed by atoms with Crippen molar-refractivity contribution >= 4 is 5.97 Å².